The molecular formula is C29H58O5Si2. The molecule has 0 amide bonds. The summed E-state index contributed by atoms with van der Waals surface area (Å²) in [7, 11) is -4.46. The molecule has 0 aliphatic heterocycles. The minimum Gasteiger partial charge on any atom is -0.481 e. The molecule has 5 nitrogen and oxygen atoms in total. The van der Waals surface area contributed by atoms with E-state index in [4.69, 9.17) is 8.85 Å². The van der Waals surface area contributed by atoms with Gasteiger partial charge >= 0.3 is 5.97 Å². The smallest absolute Gasteiger partial charge is 0.305 e. The highest BCUT2D eigenvalue weighted by Crippen LogP contribution is 2.44. The monoisotopic (exact) mass is 542 g/mol. The van der Waals surface area contributed by atoms with Gasteiger partial charge in [0.25, 0.3) is 0 Å². The molecule has 0 saturated carbocycles. The molecular weight excluding hydrogens is 484 g/mol. The van der Waals surface area contributed by atoms with Crippen molar-refractivity contribution in [3.63, 3.8) is 0 Å². The summed E-state index contributed by atoms with van der Waals surface area (Å²) in [5, 5.41) is 9.64. The van der Waals surface area contributed by atoms with Crippen molar-refractivity contribution in [2.45, 2.75) is 143 Å². The molecule has 0 aromatic heterocycles. The van der Waals surface area contributed by atoms with Crippen LogP contribution in [-0.4, -0.2) is 45.7 Å². The van der Waals surface area contributed by atoms with Gasteiger partial charge in [-0.25, -0.2) is 0 Å². The topological polar surface area (TPSA) is 72.8 Å². The van der Waals surface area contributed by atoms with Crippen LogP contribution in [0.25, 0.3) is 0 Å². The van der Waals surface area contributed by atoms with Gasteiger partial charge in [0.05, 0.1) is 18.6 Å². The highest BCUT2D eigenvalue weighted by atomic mass is 28.4. The Bertz CT molecular complexity index is 744. The van der Waals surface area contributed by atoms with Gasteiger partial charge in [-0.15, -0.1) is 6.58 Å². The first-order valence-corrected chi connectivity index (χ1v) is 19.5. The van der Waals surface area contributed by atoms with Crippen LogP contribution < -0.4 is 0 Å². The largest absolute Gasteiger partial charge is 0.481 e. The number of hydrogen-bond donors (Lipinski definition) is 1. The Morgan fingerprint density at radius 2 is 1.33 bits per heavy atom. The zero-order chi connectivity index (χ0) is 28.9. The number of carbonyl (C=O) groups excluding carboxylic acids is 1. The fraction of sp³-hybridized carbons (Fsp3) is 0.862. The molecule has 36 heavy (non-hydrogen) atoms. The fourth-order valence-corrected chi connectivity index (χ4v) is 6.92. The number of allylic oxidation sites excluding steroid dienone is 1. The van der Waals surface area contributed by atoms with Gasteiger partial charge in [0.1, 0.15) is 5.78 Å². The van der Waals surface area contributed by atoms with Crippen molar-refractivity contribution in [3.8, 4) is 0 Å². The Hall–Kier alpha value is -0.766. The SMILES string of the molecule is C=CCCC[C@H](C)[C@H](O[Si](C)(C)C(C)(C)C)[C@@H](C)C(=O)C(C)(C)[C@H](CC(=O)O)O[Si](C)(C)C(C)(C)C. The summed E-state index contributed by atoms with van der Waals surface area (Å²) in [5.74, 6) is -1.12. The highest BCUT2D eigenvalue weighted by molar-refractivity contribution is 6.74. The molecule has 0 aromatic rings. The zero-order valence-corrected chi connectivity index (χ0v) is 28.0. The number of ketones is 1. The second-order valence-electron chi connectivity index (χ2n) is 14.4. The maximum absolute atomic E-state index is 14.2. The maximum Gasteiger partial charge on any atom is 0.305 e. The summed E-state index contributed by atoms with van der Waals surface area (Å²) in [6.07, 6.45) is 3.69. The Kier molecular flexibility index (Phi) is 12.6. The summed E-state index contributed by atoms with van der Waals surface area (Å²) < 4.78 is 13.6. The van der Waals surface area contributed by atoms with Gasteiger partial charge in [0.15, 0.2) is 16.6 Å². The molecule has 0 heterocycles. The van der Waals surface area contributed by atoms with Gasteiger partial charge in [0, 0.05) is 11.3 Å². The van der Waals surface area contributed by atoms with Gasteiger partial charge in [-0.1, -0.05) is 75.3 Å². The van der Waals surface area contributed by atoms with Crippen LogP contribution in [0.4, 0.5) is 0 Å². The van der Waals surface area contributed by atoms with E-state index in [1.165, 1.54) is 0 Å². The lowest BCUT2D eigenvalue weighted by Gasteiger charge is -2.46. The molecule has 1 N–H and O–H groups in total. The second-order valence-corrected chi connectivity index (χ2v) is 23.9. The van der Waals surface area contributed by atoms with Crippen LogP contribution in [0, 0.1) is 17.3 Å². The number of Topliss-reactive ketones (excluding diaryl/α,β-unsaturated/α-hetero) is 1. The number of rotatable bonds is 15. The van der Waals surface area contributed by atoms with Crippen molar-refractivity contribution >= 4 is 28.4 Å². The Balaban J connectivity index is 6.31. The van der Waals surface area contributed by atoms with Crippen LogP contribution in [0.3, 0.4) is 0 Å². The fourth-order valence-electron chi connectivity index (χ4n) is 4.01. The van der Waals surface area contributed by atoms with Crippen molar-refractivity contribution in [2.24, 2.45) is 17.3 Å². The van der Waals surface area contributed by atoms with Crippen LogP contribution in [0.2, 0.25) is 36.3 Å². The molecule has 0 bridgehead atoms. The minimum atomic E-state index is -2.31. The van der Waals surface area contributed by atoms with E-state index < -0.39 is 34.1 Å². The van der Waals surface area contributed by atoms with Crippen LogP contribution in [0.5, 0.6) is 0 Å². The number of carboxylic acids is 1. The molecule has 0 fully saturated rings. The van der Waals surface area contributed by atoms with Crippen LogP contribution in [0.15, 0.2) is 12.7 Å². The summed E-state index contributed by atoms with van der Waals surface area (Å²) in [4.78, 5) is 26.1. The lowest BCUT2D eigenvalue weighted by molar-refractivity contribution is -0.146. The highest BCUT2D eigenvalue weighted by Gasteiger charge is 2.49. The molecule has 0 aromatic carbocycles. The number of carboxylic acid groups (broad SMARTS) is 1. The van der Waals surface area contributed by atoms with Crippen molar-refractivity contribution in [2.75, 3.05) is 0 Å². The van der Waals surface area contributed by atoms with E-state index in [1.807, 2.05) is 26.8 Å². The van der Waals surface area contributed by atoms with E-state index in [0.717, 1.165) is 19.3 Å². The van der Waals surface area contributed by atoms with E-state index in [2.05, 4.69) is 81.2 Å². The van der Waals surface area contributed by atoms with Gasteiger partial charge in [-0.3, -0.25) is 9.59 Å². The molecule has 0 radical (unpaired) electrons. The minimum absolute atomic E-state index is 0.0155. The van der Waals surface area contributed by atoms with Gasteiger partial charge in [0.2, 0.25) is 0 Å². The average Bonchev–Trinajstić information content (AvgIpc) is 2.68. The van der Waals surface area contributed by atoms with E-state index >= 15 is 0 Å². The zero-order valence-electron chi connectivity index (χ0n) is 26.0. The van der Waals surface area contributed by atoms with Crippen molar-refractivity contribution < 1.29 is 23.5 Å². The lowest BCUT2D eigenvalue weighted by atomic mass is 9.73. The van der Waals surface area contributed by atoms with Crippen molar-refractivity contribution in [1.29, 1.82) is 0 Å². The quantitative estimate of drug-likeness (QED) is 0.128. The number of aliphatic carboxylic acids is 1. The van der Waals surface area contributed by atoms with Crippen LogP contribution >= 0.6 is 0 Å². The lowest BCUT2D eigenvalue weighted by Crippen LogP contribution is -2.54. The summed E-state index contributed by atoms with van der Waals surface area (Å²) in [6, 6.07) is 0. The molecule has 212 valence electrons. The van der Waals surface area contributed by atoms with E-state index in [1.54, 1.807) is 0 Å². The summed E-state index contributed by atoms with van der Waals surface area (Å²) in [5.41, 5.74) is -0.969. The summed E-state index contributed by atoms with van der Waals surface area (Å²) in [6.45, 7) is 33.4. The molecule has 0 saturated heterocycles. The molecule has 0 aliphatic rings. The molecule has 0 spiro atoms. The molecule has 0 rings (SSSR count). The Morgan fingerprint density at radius 1 is 0.889 bits per heavy atom. The first kappa shape index (κ1) is 35.2. The Morgan fingerprint density at radius 3 is 1.72 bits per heavy atom. The average molecular weight is 543 g/mol. The second kappa shape index (κ2) is 12.9. The Labute approximate surface area is 225 Å². The molecule has 0 aliphatic carbocycles. The first-order chi connectivity index (χ1) is 15.9. The third-order valence-electron chi connectivity index (χ3n) is 8.81. The summed E-state index contributed by atoms with van der Waals surface area (Å²) >= 11 is 0. The number of carbonyl (C=O) groups is 2. The number of hydrogen-bond acceptors (Lipinski definition) is 4. The van der Waals surface area contributed by atoms with E-state index in [0.29, 0.717) is 0 Å². The van der Waals surface area contributed by atoms with Gasteiger partial charge < -0.3 is 14.0 Å². The molecule has 0 unspecified atom stereocenters. The van der Waals surface area contributed by atoms with Crippen LogP contribution in [0.1, 0.15) is 94.9 Å². The van der Waals surface area contributed by atoms with E-state index in [9.17, 15) is 14.7 Å². The standard InChI is InChI=1S/C29H58O5Si2/c1-16-17-18-19-21(2)25(34-36(14,15)28(7,8)9)22(3)26(32)29(10,11)23(20-24(30)31)33-35(12,13)27(4,5)6/h16,21-23,25H,1,17-20H2,2-15H3,(H,30,31)/t21-,22+,23-,25-/m0/s1. The van der Waals surface area contributed by atoms with Crippen molar-refractivity contribution in [3.05, 3.63) is 12.7 Å². The maximum atomic E-state index is 14.2. The van der Waals surface area contributed by atoms with E-state index in [-0.39, 0.29) is 40.2 Å². The first-order valence-electron chi connectivity index (χ1n) is 13.6. The predicted octanol–water partition coefficient (Wildman–Crippen LogP) is 8.47. The molecule has 7 heteroatoms. The van der Waals surface area contributed by atoms with Crippen molar-refractivity contribution in [1.82, 2.24) is 0 Å². The third kappa shape index (κ3) is 9.52. The normalized spacial score (nSPS) is 17.3. The number of unbranched alkanes of at least 4 members (excludes halogenated alkanes) is 1. The van der Waals surface area contributed by atoms with Gasteiger partial charge in [-0.2, -0.15) is 0 Å². The van der Waals surface area contributed by atoms with Crippen LogP contribution in [-0.2, 0) is 18.4 Å². The third-order valence-corrected chi connectivity index (χ3v) is 17.8. The predicted molar refractivity (Wildman–Crippen MR) is 158 cm³/mol. The van der Waals surface area contributed by atoms with Gasteiger partial charge in [-0.05, 0) is 61.4 Å². The molecule has 4 atom stereocenters.